The molecule has 5 heteroatoms. The van der Waals surface area contributed by atoms with E-state index in [1.807, 2.05) is 4.90 Å². The Morgan fingerprint density at radius 3 is 2.27 bits per heavy atom. The zero-order valence-corrected chi connectivity index (χ0v) is 13.8. The Morgan fingerprint density at radius 1 is 1.14 bits per heavy atom. The van der Waals surface area contributed by atoms with E-state index in [2.05, 4.69) is 6.92 Å². The maximum absolute atomic E-state index is 12.9. The minimum atomic E-state index is 0.0332. The molecule has 1 aliphatic rings. The molecule has 1 fully saturated rings. The molecule has 0 spiro atoms. The molecule has 0 radical (unpaired) electrons. The van der Waals surface area contributed by atoms with Crippen LogP contribution in [-0.2, 0) is 0 Å². The van der Waals surface area contributed by atoms with E-state index >= 15 is 0 Å². The van der Waals surface area contributed by atoms with Crippen LogP contribution in [0.1, 0.15) is 43.0 Å². The van der Waals surface area contributed by atoms with Gasteiger partial charge in [-0.3, -0.25) is 4.79 Å². The van der Waals surface area contributed by atoms with Crippen LogP contribution in [0.15, 0.2) is 12.1 Å². The summed E-state index contributed by atoms with van der Waals surface area (Å²) in [4.78, 5) is 14.9. The number of carbonyl (C=O) groups excluding carboxylic acids is 1. The molecule has 1 aliphatic heterocycles. The van der Waals surface area contributed by atoms with E-state index < -0.39 is 0 Å². The lowest BCUT2D eigenvalue weighted by molar-refractivity contribution is 0.0607. The maximum atomic E-state index is 12.9. The molecule has 5 nitrogen and oxygen atoms in total. The van der Waals surface area contributed by atoms with Gasteiger partial charge in [-0.2, -0.15) is 0 Å². The maximum Gasteiger partial charge on any atom is 0.254 e. The monoisotopic (exact) mass is 307 g/mol. The van der Waals surface area contributed by atoms with Crippen molar-refractivity contribution in [2.24, 2.45) is 0 Å². The standard InChI is InChI=1S/C17H25NO4/c1-5-13-8-6-7-9-18(13)17(19)12-10-14(20-2)16(22-4)15(11-12)21-3/h10-11,13H,5-9H2,1-4H3/t13-/m0/s1. The average Bonchev–Trinajstić information content (AvgIpc) is 2.59. The fourth-order valence-corrected chi connectivity index (χ4v) is 3.06. The zero-order chi connectivity index (χ0) is 16.1. The number of likely N-dealkylation sites (tertiary alicyclic amines) is 1. The summed E-state index contributed by atoms with van der Waals surface area (Å²) >= 11 is 0. The highest BCUT2D eigenvalue weighted by Gasteiger charge is 2.27. The lowest BCUT2D eigenvalue weighted by Gasteiger charge is -2.35. The molecule has 1 amide bonds. The number of ether oxygens (including phenoxy) is 3. The molecule has 2 rings (SSSR count). The van der Waals surface area contributed by atoms with Crippen LogP contribution in [0, 0.1) is 0 Å². The van der Waals surface area contributed by atoms with Gasteiger partial charge in [0, 0.05) is 18.2 Å². The summed E-state index contributed by atoms with van der Waals surface area (Å²) in [5.74, 6) is 1.56. The van der Waals surface area contributed by atoms with E-state index in [9.17, 15) is 4.79 Å². The van der Waals surface area contributed by atoms with Crippen LogP contribution in [0.4, 0.5) is 0 Å². The smallest absolute Gasteiger partial charge is 0.254 e. The zero-order valence-electron chi connectivity index (χ0n) is 13.8. The van der Waals surface area contributed by atoms with Crippen LogP contribution in [0.5, 0.6) is 17.2 Å². The Labute approximate surface area is 132 Å². The van der Waals surface area contributed by atoms with Crippen molar-refractivity contribution in [1.29, 1.82) is 0 Å². The predicted octanol–water partition coefficient (Wildman–Crippen LogP) is 3.12. The highest BCUT2D eigenvalue weighted by Crippen LogP contribution is 2.38. The minimum absolute atomic E-state index is 0.0332. The average molecular weight is 307 g/mol. The van der Waals surface area contributed by atoms with Gasteiger partial charge in [0.05, 0.1) is 21.3 Å². The Bertz CT molecular complexity index is 504. The lowest BCUT2D eigenvalue weighted by Crippen LogP contribution is -2.43. The van der Waals surface area contributed by atoms with Gasteiger partial charge in [-0.05, 0) is 37.8 Å². The molecular weight excluding hydrogens is 282 g/mol. The second kappa shape index (κ2) is 7.38. The SMILES string of the molecule is CC[C@H]1CCCCN1C(=O)c1cc(OC)c(OC)c(OC)c1. The van der Waals surface area contributed by atoms with Gasteiger partial charge in [0.1, 0.15) is 0 Å². The third kappa shape index (κ3) is 3.13. The van der Waals surface area contributed by atoms with Crippen LogP contribution in [-0.4, -0.2) is 44.7 Å². The van der Waals surface area contributed by atoms with E-state index in [-0.39, 0.29) is 5.91 Å². The highest BCUT2D eigenvalue weighted by atomic mass is 16.5. The summed E-state index contributed by atoms with van der Waals surface area (Å²) in [6.07, 6.45) is 4.31. The Morgan fingerprint density at radius 2 is 1.77 bits per heavy atom. The first kappa shape index (κ1) is 16.5. The molecule has 1 heterocycles. The molecule has 0 aromatic heterocycles. The van der Waals surface area contributed by atoms with Gasteiger partial charge in [0.2, 0.25) is 5.75 Å². The lowest BCUT2D eigenvalue weighted by atomic mass is 9.98. The molecule has 0 bridgehead atoms. The van der Waals surface area contributed by atoms with Crippen LogP contribution < -0.4 is 14.2 Å². The molecule has 0 aliphatic carbocycles. The summed E-state index contributed by atoms with van der Waals surface area (Å²) < 4.78 is 16.0. The first-order chi connectivity index (χ1) is 10.7. The van der Waals surface area contributed by atoms with Crippen molar-refractivity contribution in [3.05, 3.63) is 17.7 Å². The van der Waals surface area contributed by atoms with Gasteiger partial charge < -0.3 is 19.1 Å². The molecule has 122 valence electrons. The van der Waals surface area contributed by atoms with Crippen molar-refractivity contribution < 1.29 is 19.0 Å². The Balaban J connectivity index is 2.36. The molecule has 0 saturated carbocycles. The summed E-state index contributed by atoms with van der Waals surface area (Å²) in [7, 11) is 4.67. The van der Waals surface area contributed by atoms with E-state index in [4.69, 9.17) is 14.2 Å². The van der Waals surface area contributed by atoms with E-state index in [0.717, 1.165) is 25.8 Å². The summed E-state index contributed by atoms with van der Waals surface area (Å²) in [6, 6.07) is 3.77. The first-order valence-corrected chi connectivity index (χ1v) is 7.77. The van der Waals surface area contributed by atoms with Crippen molar-refractivity contribution in [3.8, 4) is 17.2 Å². The highest BCUT2D eigenvalue weighted by molar-refractivity contribution is 5.96. The fourth-order valence-electron chi connectivity index (χ4n) is 3.06. The molecule has 0 N–H and O–H groups in total. The van der Waals surface area contributed by atoms with Crippen molar-refractivity contribution in [1.82, 2.24) is 4.90 Å². The van der Waals surface area contributed by atoms with E-state index in [1.165, 1.54) is 6.42 Å². The fraction of sp³-hybridized carbons (Fsp3) is 0.588. The molecule has 1 atom stereocenters. The van der Waals surface area contributed by atoms with Gasteiger partial charge >= 0.3 is 0 Å². The molecule has 0 unspecified atom stereocenters. The predicted molar refractivity (Wildman–Crippen MR) is 85.1 cm³/mol. The van der Waals surface area contributed by atoms with Crippen LogP contribution >= 0.6 is 0 Å². The van der Waals surface area contributed by atoms with Crippen molar-refractivity contribution in [3.63, 3.8) is 0 Å². The van der Waals surface area contributed by atoms with Gasteiger partial charge in [-0.15, -0.1) is 0 Å². The number of amides is 1. The minimum Gasteiger partial charge on any atom is -0.493 e. The van der Waals surface area contributed by atoms with Crippen molar-refractivity contribution >= 4 is 5.91 Å². The van der Waals surface area contributed by atoms with Crippen molar-refractivity contribution in [2.75, 3.05) is 27.9 Å². The van der Waals surface area contributed by atoms with Crippen LogP contribution in [0.3, 0.4) is 0 Å². The number of hydrogen-bond acceptors (Lipinski definition) is 4. The second-order valence-electron chi connectivity index (χ2n) is 5.47. The van der Waals surface area contributed by atoms with E-state index in [0.29, 0.717) is 28.9 Å². The molecule has 1 aromatic rings. The first-order valence-electron chi connectivity index (χ1n) is 7.77. The van der Waals surface area contributed by atoms with Crippen molar-refractivity contribution in [2.45, 2.75) is 38.6 Å². The van der Waals surface area contributed by atoms with Gasteiger partial charge in [0.25, 0.3) is 5.91 Å². The quantitative estimate of drug-likeness (QED) is 0.838. The summed E-state index contributed by atoms with van der Waals surface area (Å²) in [5.41, 5.74) is 0.579. The normalized spacial score (nSPS) is 18.0. The third-order valence-corrected chi connectivity index (χ3v) is 4.27. The van der Waals surface area contributed by atoms with Gasteiger partial charge in [0.15, 0.2) is 11.5 Å². The topological polar surface area (TPSA) is 48.0 Å². The van der Waals surface area contributed by atoms with Crippen LogP contribution in [0.25, 0.3) is 0 Å². The van der Waals surface area contributed by atoms with Gasteiger partial charge in [-0.1, -0.05) is 6.92 Å². The largest absolute Gasteiger partial charge is 0.493 e. The Hall–Kier alpha value is -1.91. The number of rotatable bonds is 5. The van der Waals surface area contributed by atoms with E-state index in [1.54, 1.807) is 33.5 Å². The number of benzene rings is 1. The number of methoxy groups -OCH3 is 3. The molecule has 1 aromatic carbocycles. The van der Waals surface area contributed by atoms with Gasteiger partial charge in [-0.25, -0.2) is 0 Å². The number of hydrogen-bond donors (Lipinski definition) is 0. The molecular formula is C17H25NO4. The van der Waals surface area contributed by atoms with Crippen LogP contribution in [0.2, 0.25) is 0 Å². The molecule has 22 heavy (non-hydrogen) atoms. The third-order valence-electron chi connectivity index (χ3n) is 4.27. The molecule has 1 saturated heterocycles. The number of carbonyl (C=O) groups is 1. The Kier molecular flexibility index (Phi) is 5.52. The second-order valence-corrected chi connectivity index (χ2v) is 5.47. The summed E-state index contributed by atoms with van der Waals surface area (Å²) in [6.45, 7) is 2.94. The summed E-state index contributed by atoms with van der Waals surface area (Å²) in [5, 5.41) is 0. The number of nitrogens with zero attached hydrogens (tertiary/aromatic N) is 1. The number of piperidine rings is 1.